The third-order valence-electron chi connectivity index (χ3n) is 3.82. The first kappa shape index (κ1) is 10.9. The number of carbonyl (C=O) groups is 1. The first-order chi connectivity index (χ1) is 7.22. The molecule has 2 aliphatic rings. The minimum Gasteiger partial charge on any atom is -0.344 e. The Morgan fingerprint density at radius 1 is 1.27 bits per heavy atom. The minimum absolute atomic E-state index is 0.161. The summed E-state index contributed by atoms with van der Waals surface area (Å²) < 4.78 is 0. The molecule has 2 rings (SSSR count). The van der Waals surface area contributed by atoms with Crippen molar-refractivity contribution < 1.29 is 4.79 Å². The van der Waals surface area contributed by atoms with Crippen molar-refractivity contribution in [3.05, 3.63) is 0 Å². The van der Waals surface area contributed by atoms with Gasteiger partial charge in [-0.25, -0.2) is 0 Å². The van der Waals surface area contributed by atoms with Crippen LogP contribution in [0.5, 0.6) is 0 Å². The second-order valence-electron chi connectivity index (χ2n) is 4.78. The van der Waals surface area contributed by atoms with E-state index in [-0.39, 0.29) is 6.04 Å². The molecule has 0 aromatic carbocycles. The van der Waals surface area contributed by atoms with E-state index in [1.165, 1.54) is 0 Å². The van der Waals surface area contributed by atoms with E-state index in [4.69, 9.17) is 5.73 Å². The highest BCUT2D eigenvalue weighted by atomic mass is 16.2. The van der Waals surface area contributed by atoms with Crippen LogP contribution in [0.1, 0.15) is 19.3 Å². The zero-order valence-corrected chi connectivity index (χ0v) is 9.48. The molecule has 0 bridgehead atoms. The van der Waals surface area contributed by atoms with Gasteiger partial charge in [-0.3, -0.25) is 9.69 Å². The SMILES string of the molecule is CN1CCC(N2CCC(CN)CC2)C1=O. The van der Waals surface area contributed by atoms with Gasteiger partial charge >= 0.3 is 0 Å². The number of piperidine rings is 1. The third-order valence-corrected chi connectivity index (χ3v) is 3.82. The molecule has 4 nitrogen and oxygen atoms in total. The Morgan fingerprint density at radius 2 is 1.93 bits per heavy atom. The zero-order chi connectivity index (χ0) is 10.8. The lowest BCUT2D eigenvalue weighted by atomic mass is 9.96. The van der Waals surface area contributed by atoms with Crippen molar-refractivity contribution in [2.45, 2.75) is 25.3 Å². The molecule has 2 saturated heterocycles. The topological polar surface area (TPSA) is 49.6 Å². The molecular formula is C11H21N3O. The molecule has 2 aliphatic heterocycles. The number of amides is 1. The van der Waals surface area contributed by atoms with Gasteiger partial charge in [0.15, 0.2) is 0 Å². The molecule has 2 fully saturated rings. The summed E-state index contributed by atoms with van der Waals surface area (Å²) in [6, 6.07) is 0.161. The normalized spacial score (nSPS) is 30.1. The lowest BCUT2D eigenvalue weighted by Crippen LogP contribution is -2.46. The molecule has 0 aromatic rings. The second-order valence-corrected chi connectivity index (χ2v) is 4.78. The number of nitrogens with zero attached hydrogens (tertiary/aromatic N) is 2. The van der Waals surface area contributed by atoms with Crippen LogP contribution in [-0.2, 0) is 4.79 Å². The summed E-state index contributed by atoms with van der Waals surface area (Å²) in [4.78, 5) is 16.0. The molecule has 2 heterocycles. The van der Waals surface area contributed by atoms with Crippen LogP contribution in [0.2, 0.25) is 0 Å². The van der Waals surface area contributed by atoms with Crippen molar-refractivity contribution in [2.24, 2.45) is 11.7 Å². The number of rotatable bonds is 2. The Labute approximate surface area is 91.4 Å². The standard InChI is InChI=1S/C11H21N3O/c1-13-5-4-10(11(13)15)14-6-2-9(8-12)3-7-14/h9-10H,2-8,12H2,1H3. The van der Waals surface area contributed by atoms with E-state index in [2.05, 4.69) is 4.90 Å². The zero-order valence-electron chi connectivity index (χ0n) is 9.48. The Balaban J connectivity index is 1.88. The number of hydrogen-bond acceptors (Lipinski definition) is 3. The van der Waals surface area contributed by atoms with Crippen molar-refractivity contribution in [2.75, 3.05) is 33.2 Å². The number of likely N-dealkylation sites (tertiary alicyclic amines) is 2. The average molecular weight is 211 g/mol. The lowest BCUT2D eigenvalue weighted by Gasteiger charge is -2.34. The van der Waals surface area contributed by atoms with Gasteiger partial charge in [0.05, 0.1) is 6.04 Å². The summed E-state index contributed by atoms with van der Waals surface area (Å²) in [5.41, 5.74) is 5.66. The first-order valence-corrected chi connectivity index (χ1v) is 5.91. The lowest BCUT2D eigenvalue weighted by molar-refractivity contribution is -0.131. The molecule has 0 spiro atoms. The van der Waals surface area contributed by atoms with Gasteiger partial charge < -0.3 is 10.6 Å². The van der Waals surface area contributed by atoms with Gasteiger partial charge in [-0.15, -0.1) is 0 Å². The van der Waals surface area contributed by atoms with Crippen LogP contribution in [0.15, 0.2) is 0 Å². The molecule has 2 N–H and O–H groups in total. The van der Waals surface area contributed by atoms with Crippen molar-refractivity contribution in [1.82, 2.24) is 9.80 Å². The van der Waals surface area contributed by atoms with Crippen LogP contribution in [0.4, 0.5) is 0 Å². The number of likely N-dealkylation sites (N-methyl/N-ethyl adjacent to an activating group) is 1. The van der Waals surface area contributed by atoms with Crippen LogP contribution in [0.3, 0.4) is 0 Å². The van der Waals surface area contributed by atoms with E-state index >= 15 is 0 Å². The van der Waals surface area contributed by atoms with Gasteiger partial charge in [-0.1, -0.05) is 0 Å². The van der Waals surface area contributed by atoms with Gasteiger partial charge in [-0.05, 0) is 44.8 Å². The van der Waals surface area contributed by atoms with E-state index in [1.807, 2.05) is 11.9 Å². The van der Waals surface area contributed by atoms with Crippen LogP contribution in [0, 0.1) is 5.92 Å². The summed E-state index contributed by atoms with van der Waals surface area (Å²) in [5, 5.41) is 0. The van der Waals surface area contributed by atoms with E-state index in [0.29, 0.717) is 11.8 Å². The maximum absolute atomic E-state index is 11.8. The average Bonchev–Trinajstić information content (AvgIpc) is 2.60. The molecule has 86 valence electrons. The van der Waals surface area contributed by atoms with Gasteiger partial charge in [0.1, 0.15) is 0 Å². The smallest absolute Gasteiger partial charge is 0.239 e. The molecule has 0 saturated carbocycles. The van der Waals surface area contributed by atoms with Crippen LogP contribution >= 0.6 is 0 Å². The third kappa shape index (κ3) is 2.16. The van der Waals surface area contributed by atoms with Crippen molar-refractivity contribution >= 4 is 5.91 Å². The van der Waals surface area contributed by atoms with Crippen molar-refractivity contribution in [3.63, 3.8) is 0 Å². The quantitative estimate of drug-likeness (QED) is 0.693. The molecule has 1 unspecified atom stereocenters. The Kier molecular flexibility index (Phi) is 3.26. The van der Waals surface area contributed by atoms with Gasteiger partial charge in [0.2, 0.25) is 5.91 Å². The number of nitrogens with two attached hydrogens (primary N) is 1. The van der Waals surface area contributed by atoms with Crippen LogP contribution < -0.4 is 5.73 Å². The summed E-state index contributed by atoms with van der Waals surface area (Å²) in [6.45, 7) is 3.81. The molecule has 1 atom stereocenters. The van der Waals surface area contributed by atoms with E-state index in [1.54, 1.807) is 0 Å². The highest BCUT2D eigenvalue weighted by Gasteiger charge is 2.35. The van der Waals surface area contributed by atoms with Gasteiger partial charge in [0.25, 0.3) is 0 Å². The molecule has 4 heteroatoms. The monoisotopic (exact) mass is 211 g/mol. The predicted octanol–water partition coefficient (Wildman–Crippen LogP) is -0.112. The van der Waals surface area contributed by atoms with E-state index in [9.17, 15) is 4.79 Å². The Morgan fingerprint density at radius 3 is 2.40 bits per heavy atom. The van der Waals surface area contributed by atoms with Crippen molar-refractivity contribution in [1.29, 1.82) is 0 Å². The Hall–Kier alpha value is -0.610. The molecular weight excluding hydrogens is 190 g/mol. The number of carbonyl (C=O) groups excluding carboxylic acids is 1. The maximum atomic E-state index is 11.8. The predicted molar refractivity (Wildman–Crippen MR) is 59.4 cm³/mol. The molecule has 0 aliphatic carbocycles. The second kappa shape index (κ2) is 4.49. The van der Waals surface area contributed by atoms with Crippen LogP contribution in [0.25, 0.3) is 0 Å². The fourth-order valence-electron chi connectivity index (χ4n) is 2.64. The number of hydrogen-bond donors (Lipinski definition) is 1. The molecule has 0 radical (unpaired) electrons. The van der Waals surface area contributed by atoms with Gasteiger partial charge in [-0.2, -0.15) is 0 Å². The Bertz CT molecular complexity index is 236. The van der Waals surface area contributed by atoms with Crippen molar-refractivity contribution in [3.8, 4) is 0 Å². The summed E-state index contributed by atoms with van der Waals surface area (Å²) >= 11 is 0. The molecule has 0 aromatic heterocycles. The largest absolute Gasteiger partial charge is 0.344 e. The van der Waals surface area contributed by atoms with E-state index in [0.717, 1.165) is 45.4 Å². The summed E-state index contributed by atoms with van der Waals surface area (Å²) in [6.07, 6.45) is 3.32. The molecule has 15 heavy (non-hydrogen) atoms. The minimum atomic E-state index is 0.161. The first-order valence-electron chi connectivity index (χ1n) is 5.91. The van der Waals surface area contributed by atoms with Crippen LogP contribution in [-0.4, -0.2) is 55.0 Å². The summed E-state index contributed by atoms with van der Waals surface area (Å²) in [7, 11) is 1.90. The fourth-order valence-corrected chi connectivity index (χ4v) is 2.64. The van der Waals surface area contributed by atoms with E-state index < -0.39 is 0 Å². The molecule has 1 amide bonds. The highest BCUT2D eigenvalue weighted by molar-refractivity contribution is 5.83. The summed E-state index contributed by atoms with van der Waals surface area (Å²) in [5.74, 6) is 0.983. The fraction of sp³-hybridized carbons (Fsp3) is 0.909. The highest BCUT2D eigenvalue weighted by Crippen LogP contribution is 2.22. The maximum Gasteiger partial charge on any atom is 0.239 e. The van der Waals surface area contributed by atoms with Gasteiger partial charge in [0, 0.05) is 13.6 Å².